The molecule has 0 saturated carbocycles. The summed E-state index contributed by atoms with van der Waals surface area (Å²) in [5.74, 6) is 0. The second-order valence-electron chi connectivity index (χ2n) is 6.20. The van der Waals surface area contributed by atoms with Crippen molar-refractivity contribution in [2.24, 2.45) is 7.05 Å². The number of hydrogen-bond acceptors (Lipinski definition) is 1. The fourth-order valence-electron chi connectivity index (χ4n) is 3.39. The summed E-state index contributed by atoms with van der Waals surface area (Å²) in [4.78, 5) is 4.67. The Bertz CT molecular complexity index is 1050. The number of rotatable bonds is 1. The van der Waals surface area contributed by atoms with Gasteiger partial charge < -0.3 is 0 Å². The van der Waals surface area contributed by atoms with Gasteiger partial charge >= 0.3 is 0 Å². The van der Waals surface area contributed by atoms with E-state index in [1.807, 2.05) is 12.3 Å². The van der Waals surface area contributed by atoms with Gasteiger partial charge in [-0.2, -0.15) is 0 Å². The quantitative estimate of drug-likeness (QED) is 0.373. The number of pyridine rings is 2. The van der Waals surface area contributed by atoms with Gasteiger partial charge in [-0.3, -0.25) is 4.98 Å². The molecule has 0 saturated heterocycles. The molecule has 0 atom stereocenters. The third-order valence-corrected chi connectivity index (χ3v) is 4.52. The van der Waals surface area contributed by atoms with Crippen molar-refractivity contribution in [1.82, 2.24) is 4.98 Å². The highest BCUT2D eigenvalue weighted by Crippen LogP contribution is 2.33. The van der Waals surface area contributed by atoms with Crippen molar-refractivity contribution in [3.8, 4) is 11.3 Å². The zero-order valence-electron chi connectivity index (χ0n) is 13.7. The van der Waals surface area contributed by atoms with Crippen LogP contribution in [0.1, 0.15) is 11.1 Å². The van der Waals surface area contributed by atoms with E-state index in [9.17, 15) is 0 Å². The Hall–Kier alpha value is -2.74. The molecule has 0 aliphatic carbocycles. The van der Waals surface area contributed by atoms with Crippen molar-refractivity contribution >= 4 is 21.7 Å². The van der Waals surface area contributed by atoms with Gasteiger partial charge in [0.05, 0.1) is 11.1 Å². The first-order valence-corrected chi connectivity index (χ1v) is 7.89. The van der Waals surface area contributed by atoms with E-state index in [-0.39, 0.29) is 0 Å². The summed E-state index contributed by atoms with van der Waals surface area (Å²) in [5.41, 5.74) is 6.06. The molecule has 0 fully saturated rings. The number of hydrogen-bond donors (Lipinski definition) is 0. The average Bonchev–Trinajstić information content (AvgIpc) is 2.55. The summed E-state index contributed by atoms with van der Waals surface area (Å²) < 4.78 is 2.20. The van der Waals surface area contributed by atoms with Gasteiger partial charge in [-0.1, -0.05) is 30.3 Å². The Morgan fingerprint density at radius 1 is 0.826 bits per heavy atom. The van der Waals surface area contributed by atoms with Crippen LogP contribution in [0.3, 0.4) is 0 Å². The van der Waals surface area contributed by atoms with E-state index in [0.717, 1.165) is 5.52 Å². The maximum atomic E-state index is 4.67. The first kappa shape index (κ1) is 13.9. The van der Waals surface area contributed by atoms with Crippen molar-refractivity contribution < 1.29 is 4.57 Å². The van der Waals surface area contributed by atoms with E-state index in [4.69, 9.17) is 0 Å². The zero-order valence-corrected chi connectivity index (χ0v) is 13.7. The summed E-state index contributed by atoms with van der Waals surface area (Å²) >= 11 is 0. The molecule has 2 aromatic carbocycles. The summed E-state index contributed by atoms with van der Waals surface area (Å²) in [7, 11) is 2.11. The largest absolute Gasteiger partial charge is 0.256 e. The first-order valence-electron chi connectivity index (χ1n) is 7.89. The molecule has 2 heteroatoms. The van der Waals surface area contributed by atoms with Crippen molar-refractivity contribution in [1.29, 1.82) is 0 Å². The number of nitrogens with zero attached hydrogens (tertiary/aromatic N) is 2. The number of fused-ring (bicyclic) bond motifs is 3. The molecule has 0 bridgehead atoms. The van der Waals surface area contributed by atoms with Crippen molar-refractivity contribution in [2.75, 3.05) is 0 Å². The molecule has 0 N–H and O–H groups in total. The van der Waals surface area contributed by atoms with Gasteiger partial charge in [0.1, 0.15) is 7.05 Å². The minimum absolute atomic E-state index is 1.04. The highest BCUT2D eigenvalue weighted by atomic mass is 14.9. The Morgan fingerprint density at radius 3 is 2.48 bits per heavy atom. The molecule has 0 aliphatic rings. The van der Waals surface area contributed by atoms with E-state index < -0.39 is 0 Å². The maximum Gasteiger partial charge on any atom is 0.213 e. The van der Waals surface area contributed by atoms with Crippen LogP contribution in [0.15, 0.2) is 60.9 Å². The second-order valence-corrected chi connectivity index (χ2v) is 6.20. The SMILES string of the molecule is Cc1ccc(-c2c(C)ccc3c2cnc2ccccc23)[n+](C)c1. The molecule has 2 nitrogen and oxygen atoms in total. The molecular formula is C21H19N2+. The van der Waals surface area contributed by atoms with Crippen LogP contribution in [0.4, 0.5) is 0 Å². The predicted octanol–water partition coefficient (Wildman–Crippen LogP) is 4.50. The number of para-hydroxylation sites is 1. The van der Waals surface area contributed by atoms with Crippen LogP contribution < -0.4 is 4.57 Å². The standard InChI is InChI=1S/C21H19N2/c1-14-8-11-20(23(3)13-14)21-15(2)9-10-16-17-6-4-5-7-19(17)22-12-18(16)21/h4-13H,1-3H3/q+1. The lowest BCUT2D eigenvalue weighted by atomic mass is 9.95. The lowest BCUT2D eigenvalue weighted by Gasteiger charge is -2.11. The highest BCUT2D eigenvalue weighted by molar-refractivity contribution is 6.10. The topological polar surface area (TPSA) is 16.8 Å². The van der Waals surface area contributed by atoms with E-state index in [2.05, 4.69) is 79.1 Å². The first-order chi connectivity index (χ1) is 11.1. The van der Waals surface area contributed by atoms with Crippen molar-refractivity contribution in [2.45, 2.75) is 13.8 Å². The minimum atomic E-state index is 1.04. The third-order valence-electron chi connectivity index (χ3n) is 4.52. The summed E-state index contributed by atoms with van der Waals surface area (Å²) in [6, 6.07) is 17.1. The minimum Gasteiger partial charge on any atom is -0.256 e. The van der Waals surface area contributed by atoms with Crippen LogP contribution in [0.25, 0.3) is 32.9 Å². The fraction of sp³-hybridized carbons (Fsp3) is 0.143. The van der Waals surface area contributed by atoms with E-state index in [0.29, 0.717) is 0 Å². The Labute approximate surface area is 136 Å². The molecule has 0 amide bonds. The molecule has 23 heavy (non-hydrogen) atoms. The van der Waals surface area contributed by atoms with Gasteiger partial charge in [0, 0.05) is 28.6 Å². The lowest BCUT2D eigenvalue weighted by Crippen LogP contribution is -2.31. The predicted molar refractivity (Wildman–Crippen MR) is 95.3 cm³/mol. The average molecular weight is 299 g/mol. The molecule has 4 aromatic rings. The molecule has 0 spiro atoms. The molecule has 4 rings (SSSR count). The number of benzene rings is 2. The Kier molecular flexibility index (Phi) is 3.12. The van der Waals surface area contributed by atoms with Gasteiger partial charge in [-0.15, -0.1) is 0 Å². The summed E-state index contributed by atoms with van der Waals surface area (Å²) in [6.07, 6.45) is 4.18. The molecule has 112 valence electrons. The van der Waals surface area contributed by atoms with E-state index in [1.54, 1.807) is 0 Å². The smallest absolute Gasteiger partial charge is 0.213 e. The number of aromatic nitrogens is 2. The lowest BCUT2D eigenvalue weighted by molar-refractivity contribution is -0.660. The molecule has 0 unspecified atom stereocenters. The molecule has 0 radical (unpaired) electrons. The Balaban J connectivity index is 2.14. The van der Waals surface area contributed by atoms with Crippen molar-refractivity contribution in [3.05, 3.63) is 72.1 Å². The monoisotopic (exact) mass is 299 g/mol. The normalized spacial score (nSPS) is 11.3. The van der Waals surface area contributed by atoms with Crippen molar-refractivity contribution in [3.63, 3.8) is 0 Å². The maximum absolute atomic E-state index is 4.67. The van der Waals surface area contributed by atoms with Crippen LogP contribution in [0, 0.1) is 13.8 Å². The molecule has 0 aliphatic heterocycles. The van der Waals surface area contributed by atoms with Gasteiger partial charge in [0.2, 0.25) is 5.69 Å². The number of aryl methyl sites for hydroxylation is 3. The second kappa shape index (κ2) is 5.17. The molecular weight excluding hydrogens is 280 g/mol. The van der Waals surface area contributed by atoms with Gasteiger partial charge in [0.15, 0.2) is 6.20 Å². The van der Waals surface area contributed by atoms with Crippen LogP contribution in [0.5, 0.6) is 0 Å². The van der Waals surface area contributed by atoms with Crippen LogP contribution >= 0.6 is 0 Å². The molecule has 2 heterocycles. The Morgan fingerprint density at radius 2 is 1.65 bits per heavy atom. The van der Waals surface area contributed by atoms with Gasteiger partial charge in [-0.25, -0.2) is 4.57 Å². The van der Waals surface area contributed by atoms with E-state index >= 15 is 0 Å². The van der Waals surface area contributed by atoms with Crippen LogP contribution in [-0.4, -0.2) is 4.98 Å². The summed E-state index contributed by atoms with van der Waals surface area (Å²) in [6.45, 7) is 4.29. The van der Waals surface area contributed by atoms with Gasteiger partial charge in [0.25, 0.3) is 0 Å². The summed E-state index contributed by atoms with van der Waals surface area (Å²) in [5, 5.41) is 3.68. The zero-order chi connectivity index (χ0) is 16.0. The third kappa shape index (κ3) is 2.18. The van der Waals surface area contributed by atoms with Crippen LogP contribution in [0.2, 0.25) is 0 Å². The fourth-order valence-corrected chi connectivity index (χ4v) is 3.39. The van der Waals surface area contributed by atoms with E-state index in [1.165, 1.54) is 38.5 Å². The highest BCUT2D eigenvalue weighted by Gasteiger charge is 2.17. The van der Waals surface area contributed by atoms with Gasteiger partial charge in [-0.05, 0) is 36.9 Å². The van der Waals surface area contributed by atoms with Crippen LogP contribution in [-0.2, 0) is 7.05 Å². The molecule has 2 aromatic heterocycles.